The largest absolute Gasteiger partial charge is 0.491 e. The van der Waals surface area contributed by atoms with E-state index in [1.807, 2.05) is 0 Å². The molecule has 1 aliphatic rings. The maximum Gasteiger partial charge on any atom is 0.296 e. The van der Waals surface area contributed by atoms with Crippen molar-refractivity contribution < 1.29 is 92.8 Å². The van der Waals surface area contributed by atoms with Crippen molar-refractivity contribution in [1.29, 1.82) is 0 Å². The van der Waals surface area contributed by atoms with Crippen molar-refractivity contribution in [3.8, 4) is 50.6 Å². The minimum absolute atomic E-state index is 0.252. The number of nitrogens with one attached hydrogen (secondary N) is 3. The lowest BCUT2D eigenvalue weighted by Gasteiger charge is -2.13. The second kappa shape index (κ2) is 16.0. The van der Waals surface area contributed by atoms with Gasteiger partial charge in [-0.15, -0.1) is 0 Å². The summed E-state index contributed by atoms with van der Waals surface area (Å²) in [6, 6.07) is 3.20. The van der Waals surface area contributed by atoms with Crippen LogP contribution in [0.25, 0.3) is 77.5 Å². The van der Waals surface area contributed by atoms with Gasteiger partial charge in [0.25, 0.3) is 20.2 Å². The summed E-state index contributed by atoms with van der Waals surface area (Å²) in [6.07, 6.45) is 0.252. The van der Waals surface area contributed by atoms with E-state index in [1.165, 1.54) is 0 Å². The highest BCUT2D eigenvalue weighted by molar-refractivity contribution is 7.95. The maximum absolute atomic E-state index is 16.2. The van der Waals surface area contributed by atoms with Gasteiger partial charge >= 0.3 is 0 Å². The third kappa shape index (κ3) is 6.98. The topological polar surface area (TPSA) is 197 Å². The molecule has 0 radical (unpaired) electrons. The van der Waals surface area contributed by atoms with Gasteiger partial charge in [-0.05, 0) is 36.4 Å². The number of aromatic nitrogens is 4. The Balaban J connectivity index is 1.76. The second-order valence-electron chi connectivity index (χ2n) is 13.9. The van der Waals surface area contributed by atoms with Gasteiger partial charge in [0.2, 0.25) is 34.9 Å². The molecule has 0 saturated carbocycles. The van der Waals surface area contributed by atoms with Crippen molar-refractivity contribution in [3.63, 3.8) is 0 Å². The lowest BCUT2D eigenvalue weighted by Crippen LogP contribution is -2.07. The van der Waals surface area contributed by atoms with Gasteiger partial charge < -0.3 is 29.2 Å². The molecule has 8 bridgehead atoms. The fraction of sp³-hybridized carbons (Fsp3) is 0.0750. The fourth-order valence-electron chi connectivity index (χ4n) is 7.48. The molecular weight excluding hydrogens is 973 g/mol. The van der Waals surface area contributed by atoms with Crippen LogP contribution in [0.5, 0.6) is 17.2 Å². The van der Waals surface area contributed by atoms with Crippen molar-refractivity contribution in [3.05, 3.63) is 112 Å². The zero-order chi connectivity index (χ0) is 49.1. The number of nitrogens with zero attached hydrogens (tertiary/aromatic N) is 1. The van der Waals surface area contributed by atoms with E-state index >= 15 is 52.7 Å². The molecule has 0 amide bonds. The molecule has 0 unspecified atom stereocenters. The third-order valence-electron chi connectivity index (χ3n) is 10.3. The Morgan fingerprint density at radius 2 is 0.776 bits per heavy atom. The number of ether oxygens (including phenoxy) is 3. The zero-order valence-electron chi connectivity index (χ0n) is 33.0. The molecule has 0 spiro atoms. The Bertz CT molecular complexity index is 3670. The normalized spacial score (nSPS) is 12.6. The summed E-state index contributed by atoms with van der Waals surface area (Å²) in [4.78, 5) is 7.78. The maximum atomic E-state index is 16.2. The van der Waals surface area contributed by atoms with Gasteiger partial charge in [0.15, 0.2) is 52.2 Å². The van der Waals surface area contributed by atoms with E-state index in [9.17, 15) is 25.9 Å². The fourth-order valence-corrected chi connectivity index (χ4v) is 8.81. The quantitative estimate of drug-likeness (QED) is 0.0555. The first-order valence-corrected chi connectivity index (χ1v) is 20.8. The predicted molar refractivity (Wildman–Crippen MR) is 211 cm³/mol. The molecular formula is C40H20F12N4O9S2. The van der Waals surface area contributed by atoms with Crippen LogP contribution in [0, 0.1) is 69.8 Å². The average Bonchev–Trinajstić information content (AvgIpc) is 4.10. The highest BCUT2D eigenvalue weighted by Crippen LogP contribution is 2.46. The molecule has 8 rings (SSSR count). The van der Waals surface area contributed by atoms with Gasteiger partial charge in [-0.1, -0.05) is 0 Å². The monoisotopic (exact) mass is 992 g/mol. The van der Waals surface area contributed by atoms with Gasteiger partial charge in [-0.25, -0.2) is 31.3 Å². The lowest BCUT2D eigenvalue weighted by molar-refractivity contribution is 0.334. The number of aromatic amines is 3. The molecule has 3 aromatic carbocycles. The van der Waals surface area contributed by atoms with Crippen LogP contribution < -0.4 is 14.2 Å². The molecule has 5 N–H and O–H groups in total. The van der Waals surface area contributed by atoms with Gasteiger partial charge in [-0.3, -0.25) is 9.11 Å². The molecule has 7 aromatic rings. The van der Waals surface area contributed by atoms with Crippen LogP contribution in [-0.4, -0.2) is 67.2 Å². The lowest BCUT2D eigenvalue weighted by atomic mass is 10.0. The summed E-state index contributed by atoms with van der Waals surface area (Å²) in [7, 11) is -9.75. The summed E-state index contributed by atoms with van der Waals surface area (Å²) < 4.78 is 276. The Hall–Kier alpha value is -7.23. The molecule has 1 aliphatic heterocycles. The number of rotatable bonds is 8. The zero-order valence-corrected chi connectivity index (χ0v) is 34.6. The summed E-state index contributed by atoms with van der Waals surface area (Å²) in [5.41, 5.74) is -17.1. The summed E-state index contributed by atoms with van der Waals surface area (Å²) in [5.74, 6) is -32.0. The Morgan fingerprint density at radius 1 is 0.448 bits per heavy atom. The molecule has 4 aromatic heterocycles. The molecule has 0 saturated heterocycles. The van der Waals surface area contributed by atoms with E-state index in [2.05, 4.69) is 34.1 Å². The molecule has 27 heteroatoms. The molecule has 0 fully saturated rings. The van der Waals surface area contributed by atoms with Crippen LogP contribution in [0.3, 0.4) is 0 Å². The van der Waals surface area contributed by atoms with E-state index in [0.717, 1.165) is 12.1 Å². The minimum atomic E-state index is -5.86. The van der Waals surface area contributed by atoms with E-state index in [4.69, 9.17) is 0 Å². The van der Waals surface area contributed by atoms with Crippen LogP contribution in [0.15, 0.2) is 35.2 Å². The average molecular weight is 993 g/mol. The standard InChI is InChI=1S/C40H20F12N4O9S2/c1-63-38-30(47)24(41)21(25(42)31(38)48)18-10-4-5-12(53-10)19(22-26(43)32(49)39(64-2)33(50)27(22)44)14-8-16(66(57,58)59)36(55-14)15-9-17(67(60,61)62)37(56-15)20(13-7-6-11(18)54-13)23-28(45)34(51)40(65-3)35(52)29(23)46/h4-9,53-55H,1-3H3,(H,57,58,59)(H,60,61,62). The van der Waals surface area contributed by atoms with Crippen LogP contribution in [0.2, 0.25) is 0 Å². The molecule has 5 heterocycles. The van der Waals surface area contributed by atoms with Gasteiger partial charge in [0.1, 0.15) is 9.80 Å². The van der Waals surface area contributed by atoms with Crippen molar-refractivity contribution in [2.24, 2.45) is 0 Å². The minimum Gasteiger partial charge on any atom is -0.491 e. The van der Waals surface area contributed by atoms with E-state index in [0.29, 0.717) is 39.5 Å². The Labute approximate surface area is 364 Å². The Kier molecular flexibility index (Phi) is 11.0. The number of halogens is 12. The Morgan fingerprint density at radius 3 is 1.10 bits per heavy atom. The van der Waals surface area contributed by atoms with Crippen LogP contribution in [0.1, 0.15) is 11.4 Å². The van der Waals surface area contributed by atoms with Crippen molar-refractivity contribution in [1.82, 2.24) is 19.9 Å². The molecule has 0 atom stereocenters. The molecule has 350 valence electrons. The molecule has 13 nitrogen and oxygen atoms in total. The first-order chi connectivity index (χ1) is 31.4. The number of hydrogen-bond acceptors (Lipinski definition) is 8. The second-order valence-corrected chi connectivity index (χ2v) is 16.7. The summed E-state index contributed by atoms with van der Waals surface area (Å²) in [5, 5.41) is 0. The van der Waals surface area contributed by atoms with Crippen LogP contribution in [0.4, 0.5) is 52.7 Å². The van der Waals surface area contributed by atoms with Crippen LogP contribution >= 0.6 is 0 Å². The van der Waals surface area contributed by atoms with Crippen molar-refractivity contribution >= 4 is 64.3 Å². The van der Waals surface area contributed by atoms with E-state index in [-0.39, 0.29) is 6.08 Å². The molecule has 0 aliphatic carbocycles. The first-order valence-electron chi connectivity index (χ1n) is 18.0. The number of methoxy groups -OCH3 is 3. The van der Waals surface area contributed by atoms with Crippen molar-refractivity contribution in [2.75, 3.05) is 21.3 Å². The summed E-state index contributed by atoms with van der Waals surface area (Å²) in [6.45, 7) is 0. The van der Waals surface area contributed by atoms with Crippen LogP contribution in [-0.2, 0) is 20.2 Å². The summed E-state index contributed by atoms with van der Waals surface area (Å²) >= 11 is 0. The predicted octanol–water partition coefficient (Wildman–Crippen LogP) is 9.85. The van der Waals surface area contributed by atoms with E-state index < -0.39 is 195 Å². The van der Waals surface area contributed by atoms with Gasteiger partial charge in [0, 0.05) is 38.8 Å². The number of hydrogen-bond donors (Lipinski definition) is 5. The van der Waals surface area contributed by atoms with Gasteiger partial charge in [-0.2, -0.15) is 43.2 Å². The van der Waals surface area contributed by atoms with Crippen molar-refractivity contribution in [2.45, 2.75) is 4.90 Å². The highest BCUT2D eigenvalue weighted by atomic mass is 32.2. The number of benzene rings is 3. The highest BCUT2D eigenvalue weighted by Gasteiger charge is 2.36. The number of fused-ring (bicyclic) bond motifs is 9. The first kappa shape index (κ1) is 46.3. The smallest absolute Gasteiger partial charge is 0.296 e. The molecule has 67 heavy (non-hydrogen) atoms. The van der Waals surface area contributed by atoms with E-state index in [1.54, 1.807) is 0 Å². The number of H-pyrrole nitrogens is 3. The van der Waals surface area contributed by atoms with Gasteiger partial charge in [0.05, 0.1) is 60.4 Å². The third-order valence-corrected chi connectivity index (χ3v) is 12.1. The SMILES string of the molecule is COc1c(F)c(F)c(-c2c3nc(c4[nH]c(cc4S(=O)(=O)O)c(-c4c(F)c(F)c(OC)c(F)c4F)c4ccc([nH]4)c(-c4c(F)c(F)c(OC)c(F)c4F)c4ccc2[nH]4)C=C3S(=O)(=O)O)c(F)c1F.